The Bertz CT molecular complexity index is 566. The first-order chi connectivity index (χ1) is 9.61. The third-order valence-electron chi connectivity index (χ3n) is 3.56. The fraction of sp³-hybridized carbons (Fsp3) is 0.462. The Labute approximate surface area is 114 Å². The molecular weight excluding hydrogens is 264 g/mol. The number of hydrogen-bond acceptors (Lipinski definition) is 6. The first-order valence-electron chi connectivity index (χ1n) is 6.36. The Morgan fingerprint density at radius 1 is 1.10 bits per heavy atom. The lowest BCUT2D eigenvalue weighted by atomic mass is 9.98. The number of fused-ring (bicyclic) bond motifs is 1. The average molecular weight is 280 g/mol. The summed E-state index contributed by atoms with van der Waals surface area (Å²) in [6, 6.07) is 7.38. The van der Waals surface area contributed by atoms with E-state index in [4.69, 9.17) is 9.84 Å². The number of hydrogen-bond donors (Lipinski definition) is 4. The summed E-state index contributed by atoms with van der Waals surface area (Å²) in [6.07, 6.45) is -4.32. The summed E-state index contributed by atoms with van der Waals surface area (Å²) in [5.74, 6) is 0. The maximum Gasteiger partial charge on any atom is 0.179 e. The zero-order chi connectivity index (χ0) is 14.3. The molecule has 0 saturated carbocycles. The van der Waals surface area contributed by atoms with E-state index in [1.807, 2.05) is 24.3 Å². The molecule has 1 fully saturated rings. The SMILES string of the molecule is OC[C@H]1O[C@H](n2cc3ccccc3n2)[C@H](O)[C@@H](O)[C@@H]1O. The quantitative estimate of drug-likeness (QED) is 0.562. The maximum absolute atomic E-state index is 10.0. The Morgan fingerprint density at radius 2 is 1.85 bits per heavy atom. The lowest BCUT2D eigenvalue weighted by Gasteiger charge is -2.39. The van der Waals surface area contributed by atoms with Crippen molar-refractivity contribution in [3.8, 4) is 0 Å². The molecule has 0 amide bonds. The molecule has 1 aromatic carbocycles. The minimum absolute atomic E-state index is 0.456. The van der Waals surface area contributed by atoms with Crippen molar-refractivity contribution in [3.05, 3.63) is 30.5 Å². The monoisotopic (exact) mass is 280 g/mol. The molecule has 0 spiro atoms. The Hall–Kier alpha value is -1.51. The Kier molecular flexibility index (Phi) is 3.45. The number of nitrogens with zero attached hydrogens (tertiary/aromatic N) is 2. The fourth-order valence-electron chi connectivity index (χ4n) is 2.41. The van der Waals surface area contributed by atoms with E-state index < -0.39 is 37.3 Å². The summed E-state index contributed by atoms with van der Waals surface area (Å²) >= 11 is 0. The topological polar surface area (TPSA) is 108 Å². The van der Waals surface area contributed by atoms with E-state index in [0.717, 1.165) is 10.9 Å². The lowest BCUT2D eigenvalue weighted by Crippen LogP contribution is -2.56. The van der Waals surface area contributed by atoms with Gasteiger partial charge in [0.15, 0.2) is 6.23 Å². The van der Waals surface area contributed by atoms with Crippen molar-refractivity contribution in [1.29, 1.82) is 0 Å². The van der Waals surface area contributed by atoms with E-state index in [0.29, 0.717) is 0 Å². The number of benzene rings is 1. The van der Waals surface area contributed by atoms with Crippen LogP contribution in [0.5, 0.6) is 0 Å². The number of aliphatic hydroxyl groups excluding tert-OH is 4. The van der Waals surface area contributed by atoms with E-state index in [1.165, 1.54) is 4.68 Å². The van der Waals surface area contributed by atoms with Crippen LogP contribution >= 0.6 is 0 Å². The van der Waals surface area contributed by atoms with Crippen LogP contribution in [0, 0.1) is 0 Å². The number of aromatic nitrogens is 2. The molecule has 0 aliphatic carbocycles. The minimum atomic E-state index is -1.40. The number of aliphatic hydroxyl groups is 4. The van der Waals surface area contributed by atoms with E-state index in [2.05, 4.69) is 5.10 Å². The predicted molar refractivity (Wildman–Crippen MR) is 68.7 cm³/mol. The fourth-order valence-corrected chi connectivity index (χ4v) is 2.41. The highest BCUT2D eigenvalue weighted by Gasteiger charge is 2.44. The van der Waals surface area contributed by atoms with Crippen molar-refractivity contribution in [2.24, 2.45) is 0 Å². The summed E-state index contributed by atoms with van der Waals surface area (Å²) < 4.78 is 6.83. The van der Waals surface area contributed by atoms with Crippen LogP contribution in [-0.4, -0.2) is 61.2 Å². The van der Waals surface area contributed by atoms with Gasteiger partial charge in [-0.15, -0.1) is 0 Å². The average Bonchev–Trinajstić information content (AvgIpc) is 2.89. The van der Waals surface area contributed by atoms with Crippen molar-refractivity contribution >= 4 is 10.9 Å². The van der Waals surface area contributed by atoms with Gasteiger partial charge >= 0.3 is 0 Å². The molecular formula is C13H16N2O5. The van der Waals surface area contributed by atoms with Gasteiger partial charge < -0.3 is 25.2 Å². The van der Waals surface area contributed by atoms with Crippen molar-refractivity contribution in [3.63, 3.8) is 0 Å². The molecule has 20 heavy (non-hydrogen) atoms. The van der Waals surface area contributed by atoms with Crippen LogP contribution in [0.25, 0.3) is 10.9 Å². The van der Waals surface area contributed by atoms with Crippen LogP contribution in [0.1, 0.15) is 6.23 Å². The third-order valence-corrected chi connectivity index (χ3v) is 3.56. The lowest BCUT2D eigenvalue weighted by molar-refractivity contribution is -0.253. The van der Waals surface area contributed by atoms with E-state index >= 15 is 0 Å². The van der Waals surface area contributed by atoms with Gasteiger partial charge in [-0.05, 0) is 6.07 Å². The molecule has 1 aliphatic rings. The van der Waals surface area contributed by atoms with Gasteiger partial charge in [-0.25, -0.2) is 4.68 Å². The van der Waals surface area contributed by atoms with Gasteiger partial charge in [0.1, 0.15) is 24.4 Å². The first kappa shape index (κ1) is 13.5. The zero-order valence-corrected chi connectivity index (χ0v) is 10.6. The molecule has 0 bridgehead atoms. The zero-order valence-electron chi connectivity index (χ0n) is 10.6. The van der Waals surface area contributed by atoms with Crippen LogP contribution in [0.3, 0.4) is 0 Å². The molecule has 7 heteroatoms. The van der Waals surface area contributed by atoms with Crippen LogP contribution in [-0.2, 0) is 4.74 Å². The highest BCUT2D eigenvalue weighted by atomic mass is 16.6. The summed E-state index contributed by atoms with van der Waals surface area (Å²) in [6.45, 7) is -0.456. The van der Waals surface area contributed by atoms with Gasteiger partial charge in [-0.1, -0.05) is 18.2 Å². The molecule has 1 aromatic heterocycles. The molecule has 7 nitrogen and oxygen atoms in total. The molecule has 3 rings (SSSR count). The summed E-state index contributed by atoms with van der Waals surface area (Å²) in [4.78, 5) is 0. The first-order valence-corrected chi connectivity index (χ1v) is 6.36. The van der Waals surface area contributed by atoms with Gasteiger partial charge in [0.25, 0.3) is 0 Å². The van der Waals surface area contributed by atoms with Crippen LogP contribution in [0.2, 0.25) is 0 Å². The molecule has 108 valence electrons. The van der Waals surface area contributed by atoms with Crippen molar-refractivity contribution in [1.82, 2.24) is 9.78 Å². The van der Waals surface area contributed by atoms with Gasteiger partial charge in [-0.3, -0.25) is 0 Å². The molecule has 0 unspecified atom stereocenters. The normalized spacial score (nSPS) is 34.5. The minimum Gasteiger partial charge on any atom is -0.394 e. The largest absolute Gasteiger partial charge is 0.394 e. The highest BCUT2D eigenvalue weighted by molar-refractivity contribution is 5.77. The van der Waals surface area contributed by atoms with Gasteiger partial charge in [0, 0.05) is 11.6 Å². The maximum atomic E-state index is 10.0. The molecule has 1 saturated heterocycles. The highest BCUT2D eigenvalue weighted by Crippen LogP contribution is 2.28. The van der Waals surface area contributed by atoms with E-state index in [9.17, 15) is 15.3 Å². The van der Waals surface area contributed by atoms with Gasteiger partial charge in [0.05, 0.1) is 12.1 Å². The van der Waals surface area contributed by atoms with E-state index in [-0.39, 0.29) is 0 Å². The molecule has 0 radical (unpaired) electrons. The van der Waals surface area contributed by atoms with Crippen molar-refractivity contribution < 1.29 is 25.2 Å². The standard InChI is InChI=1S/C13H16N2O5/c16-6-9-10(17)11(18)12(19)13(20-9)15-5-7-3-1-2-4-8(7)14-15/h1-5,9-13,16-19H,6H2/t9-,10-,11+,12-,13+/m1/s1. The van der Waals surface area contributed by atoms with Crippen LogP contribution in [0.15, 0.2) is 30.5 Å². The molecule has 2 aromatic rings. The smallest absolute Gasteiger partial charge is 0.179 e. The number of ether oxygens (including phenoxy) is 1. The Balaban J connectivity index is 1.95. The van der Waals surface area contributed by atoms with Crippen LogP contribution < -0.4 is 0 Å². The molecule has 5 atom stereocenters. The second kappa shape index (κ2) is 5.12. The second-order valence-electron chi connectivity index (χ2n) is 4.89. The number of rotatable bonds is 2. The summed E-state index contributed by atoms with van der Waals surface area (Å²) in [5, 5.41) is 43.8. The third kappa shape index (κ3) is 2.09. The van der Waals surface area contributed by atoms with Gasteiger partial charge in [0.2, 0.25) is 0 Å². The van der Waals surface area contributed by atoms with Crippen LogP contribution in [0.4, 0.5) is 0 Å². The van der Waals surface area contributed by atoms with Crippen molar-refractivity contribution in [2.45, 2.75) is 30.6 Å². The molecule has 2 heterocycles. The van der Waals surface area contributed by atoms with Gasteiger partial charge in [-0.2, -0.15) is 5.10 Å². The molecule has 4 N–H and O–H groups in total. The Morgan fingerprint density at radius 3 is 2.55 bits per heavy atom. The van der Waals surface area contributed by atoms with Crippen molar-refractivity contribution in [2.75, 3.05) is 6.61 Å². The summed E-state index contributed by atoms with van der Waals surface area (Å²) in [7, 11) is 0. The molecule has 1 aliphatic heterocycles. The van der Waals surface area contributed by atoms with E-state index in [1.54, 1.807) is 6.20 Å². The summed E-state index contributed by atoms with van der Waals surface area (Å²) in [5.41, 5.74) is 0.726. The predicted octanol–water partition coefficient (Wildman–Crippen LogP) is -0.991. The second-order valence-corrected chi connectivity index (χ2v) is 4.89.